The van der Waals surface area contributed by atoms with Crippen LogP contribution in [-0.4, -0.2) is 31.5 Å². The van der Waals surface area contributed by atoms with E-state index in [9.17, 15) is 5.11 Å². The number of halogens is 1. The number of nitrogens with one attached hydrogen (secondary N) is 1. The highest BCUT2D eigenvalue weighted by Gasteiger charge is 2.33. The molecule has 1 aromatic heterocycles. The lowest BCUT2D eigenvalue weighted by molar-refractivity contribution is 0.124. The van der Waals surface area contributed by atoms with Crippen LogP contribution in [0, 0.1) is 5.41 Å². The summed E-state index contributed by atoms with van der Waals surface area (Å²) in [6, 6.07) is 11.6. The molecule has 2 aromatic rings. The lowest BCUT2D eigenvalue weighted by atomic mass is 9.84. The monoisotopic (exact) mass is 335 g/mol. The summed E-state index contributed by atoms with van der Waals surface area (Å²) in [6.07, 6.45) is 1.76. The maximum Gasteiger partial charge on any atom is 0.135 e. The fourth-order valence-electron chi connectivity index (χ4n) is 3.04. The van der Waals surface area contributed by atoms with E-state index in [0.29, 0.717) is 18.2 Å². The van der Waals surface area contributed by atoms with Crippen molar-refractivity contribution in [1.82, 2.24) is 5.32 Å². The maximum absolute atomic E-state index is 9.25. The Kier molecular flexibility index (Phi) is 5.38. The fourth-order valence-corrected chi connectivity index (χ4v) is 3.27. The van der Waals surface area contributed by atoms with E-state index in [1.165, 1.54) is 0 Å². The molecule has 4 nitrogen and oxygen atoms in total. The molecular formula is C18H22ClNO3. The molecule has 0 radical (unpaired) electrons. The molecule has 3 rings (SSSR count). The predicted molar refractivity (Wildman–Crippen MR) is 90.4 cm³/mol. The molecule has 0 aliphatic carbocycles. The Morgan fingerprint density at radius 3 is 2.83 bits per heavy atom. The molecular weight excluding hydrogens is 314 g/mol. The minimum Gasteiger partial charge on any atom is -0.460 e. The van der Waals surface area contributed by atoms with Crippen molar-refractivity contribution >= 4 is 11.6 Å². The quantitative estimate of drug-likeness (QED) is 0.813. The predicted octanol–water partition coefficient (Wildman–Crippen LogP) is 3.48. The van der Waals surface area contributed by atoms with Gasteiger partial charge in [-0.1, -0.05) is 23.7 Å². The summed E-state index contributed by atoms with van der Waals surface area (Å²) in [5, 5.41) is 13.4. The summed E-state index contributed by atoms with van der Waals surface area (Å²) in [6.45, 7) is 3.15. The van der Waals surface area contributed by atoms with Gasteiger partial charge < -0.3 is 19.6 Å². The highest BCUT2D eigenvalue weighted by molar-refractivity contribution is 6.33. The van der Waals surface area contributed by atoms with Gasteiger partial charge in [-0.05, 0) is 37.1 Å². The van der Waals surface area contributed by atoms with Crippen LogP contribution in [0.3, 0.4) is 0 Å². The van der Waals surface area contributed by atoms with Gasteiger partial charge in [-0.25, -0.2) is 0 Å². The SMILES string of the molecule is OCCC1(CNCc2ccc(-c3ccccc3Cl)o2)CCOC1. The lowest BCUT2D eigenvalue weighted by Gasteiger charge is -2.26. The summed E-state index contributed by atoms with van der Waals surface area (Å²) in [7, 11) is 0. The van der Waals surface area contributed by atoms with Crippen LogP contribution < -0.4 is 5.32 Å². The van der Waals surface area contributed by atoms with Crippen molar-refractivity contribution in [1.29, 1.82) is 0 Å². The van der Waals surface area contributed by atoms with Gasteiger partial charge in [-0.3, -0.25) is 0 Å². The molecule has 1 aliphatic rings. The third kappa shape index (κ3) is 3.96. The van der Waals surface area contributed by atoms with Gasteiger partial charge in [0.15, 0.2) is 0 Å². The number of hydrogen-bond acceptors (Lipinski definition) is 4. The van der Waals surface area contributed by atoms with Gasteiger partial charge in [-0.15, -0.1) is 0 Å². The zero-order chi connectivity index (χ0) is 16.1. The summed E-state index contributed by atoms with van der Waals surface area (Å²) in [5.41, 5.74) is 0.953. The second-order valence-corrected chi connectivity index (χ2v) is 6.53. The minimum atomic E-state index is 0.0485. The number of rotatable bonds is 7. The average Bonchev–Trinajstić information content (AvgIpc) is 3.19. The molecule has 1 saturated heterocycles. The average molecular weight is 336 g/mol. The fraction of sp³-hybridized carbons (Fsp3) is 0.444. The Morgan fingerprint density at radius 2 is 2.09 bits per heavy atom. The highest BCUT2D eigenvalue weighted by Crippen LogP contribution is 2.32. The molecule has 0 spiro atoms. The smallest absolute Gasteiger partial charge is 0.135 e. The first-order valence-electron chi connectivity index (χ1n) is 7.95. The number of furan rings is 1. The van der Waals surface area contributed by atoms with Crippen molar-refractivity contribution in [3.8, 4) is 11.3 Å². The van der Waals surface area contributed by atoms with Crippen LogP contribution in [0.5, 0.6) is 0 Å². The van der Waals surface area contributed by atoms with Gasteiger partial charge in [0.2, 0.25) is 0 Å². The molecule has 2 heterocycles. The van der Waals surface area contributed by atoms with Crippen molar-refractivity contribution in [3.63, 3.8) is 0 Å². The van der Waals surface area contributed by atoms with E-state index in [2.05, 4.69) is 5.32 Å². The van der Waals surface area contributed by atoms with E-state index in [0.717, 1.165) is 43.1 Å². The van der Waals surface area contributed by atoms with Crippen molar-refractivity contribution in [3.05, 3.63) is 47.2 Å². The number of ether oxygens (including phenoxy) is 1. The number of aliphatic hydroxyl groups is 1. The Morgan fingerprint density at radius 1 is 1.22 bits per heavy atom. The van der Waals surface area contributed by atoms with Gasteiger partial charge in [-0.2, -0.15) is 0 Å². The van der Waals surface area contributed by atoms with Gasteiger partial charge >= 0.3 is 0 Å². The van der Waals surface area contributed by atoms with E-state index in [1.807, 2.05) is 36.4 Å². The zero-order valence-electron chi connectivity index (χ0n) is 13.1. The maximum atomic E-state index is 9.25. The highest BCUT2D eigenvalue weighted by atomic mass is 35.5. The Balaban J connectivity index is 1.58. The van der Waals surface area contributed by atoms with Crippen LogP contribution in [0.1, 0.15) is 18.6 Å². The zero-order valence-corrected chi connectivity index (χ0v) is 13.8. The van der Waals surface area contributed by atoms with Crippen molar-refractivity contribution < 1.29 is 14.3 Å². The second-order valence-electron chi connectivity index (χ2n) is 6.13. The summed E-state index contributed by atoms with van der Waals surface area (Å²) in [5.74, 6) is 1.65. The molecule has 1 aliphatic heterocycles. The standard InChI is InChI=1S/C18H22ClNO3/c19-16-4-2-1-3-15(16)17-6-5-14(23-17)11-20-12-18(7-9-21)8-10-22-13-18/h1-6,20-21H,7-13H2. The van der Waals surface area contributed by atoms with E-state index in [4.69, 9.17) is 20.8 Å². The number of aliphatic hydroxyl groups excluding tert-OH is 1. The van der Waals surface area contributed by atoms with E-state index < -0.39 is 0 Å². The molecule has 23 heavy (non-hydrogen) atoms. The van der Waals surface area contributed by atoms with E-state index in [1.54, 1.807) is 0 Å². The lowest BCUT2D eigenvalue weighted by Crippen LogP contribution is -2.35. The molecule has 1 fully saturated rings. The van der Waals surface area contributed by atoms with Crippen molar-refractivity contribution in [2.45, 2.75) is 19.4 Å². The Labute approximate surface area is 141 Å². The summed E-state index contributed by atoms with van der Waals surface area (Å²) >= 11 is 6.20. The third-order valence-corrected chi connectivity index (χ3v) is 4.76. The van der Waals surface area contributed by atoms with Gasteiger partial charge in [0.1, 0.15) is 11.5 Å². The summed E-state index contributed by atoms with van der Waals surface area (Å²) < 4.78 is 11.4. The Bertz CT molecular complexity index is 635. The largest absolute Gasteiger partial charge is 0.460 e. The van der Waals surface area contributed by atoms with Gasteiger partial charge in [0.25, 0.3) is 0 Å². The molecule has 1 unspecified atom stereocenters. The third-order valence-electron chi connectivity index (χ3n) is 4.43. The number of hydrogen-bond donors (Lipinski definition) is 2. The van der Waals surface area contributed by atoms with Crippen LogP contribution in [0.4, 0.5) is 0 Å². The van der Waals surface area contributed by atoms with Crippen LogP contribution in [-0.2, 0) is 11.3 Å². The minimum absolute atomic E-state index is 0.0485. The molecule has 1 atom stereocenters. The normalized spacial score (nSPS) is 21.0. The molecule has 124 valence electrons. The van der Waals surface area contributed by atoms with Gasteiger partial charge in [0, 0.05) is 30.7 Å². The van der Waals surface area contributed by atoms with E-state index >= 15 is 0 Å². The Hall–Kier alpha value is -1.33. The molecule has 5 heteroatoms. The molecule has 2 N–H and O–H groups in total. The van der Waals surface area contributed by atoms with Gasteiger partial charge in [0.05, 0.1) is 18.2 Å². The first-order valence-corrected chi connectivity index (χ1v) is 8.33. The number of benzene rings is 1. The van der Waals surface area contributed by atoms with Crippen molar-refractivity contribution in [2.75, 3.05) is 26.4 Å². The van der Waals surface area contributed by atoms with Crippen LogP contribution >= 0.6 is 11.6 Å². The van der Waals surface area contributed by atoms with Crippen LogP contribution in [0.25, 0.3) is 11.3 Å². The van der Waals surface area contributed by atoms with Crippen molar-refractivity contribution in [2.24, 2.45) is 5.41 Å². The topological polar surface area (TPSA) is 54.6 Å². The molecule has 0 amide bonds. The van der Waals surface area contributed by atoms with Crippen LogP contribution in [0.2, 0.25) is 5.02 Å². The molecule has 0 bridgehead atoms. The first-order chi connectivity index (χ1) is 11.2. The van der Waals surface area contributed by atoms with E-state index in [-0.39, 0.29) is 12.0 Å². The summed E-state index contributed by atoms with van der Waals surface area (Å²) in [4.78, 5) is 0. The molecule has 1 aromatic carbocycles. The van der Waals surface area contributed by atoms with Crippen LogP contribution in [0.15, 0.2) is 40.8 Å². The molecule has 0 saturated carbocycles. The first kappa shape index (κ1) is 16.5. The second kappa shape index (κ2) is 7.49.